The van der Waals surface area contributed by atoms with E-state index < -0.39 is 35.1 Å². The van der Waals surface area contributed by atoms with Crippen LogP contribution in [0.4, 0.5) is 23.2 Å². The summed E-state index contributed by atoms with van der Waals surface area (Å²) in [5.74, 6) is -1.49. The van der Waals surface area contributed by atoms with Crippen LogP contribution >= 0.6 is 11.8 Å². The van der Waals surface area contributed by atoms with Crippen LogP contribution in [0.25, 0.3) is 0 Å². The molecule has 0 saturated heterocycles. The van der Waals surface area contributed by atoms with Crippen molar-refractivity contribution in [2.24, 2.45) is 0 Å². The summed E-state index contributed by atoms with van der Waals surface area (Å²) in [5.41, 5.74) is -1.95. The fourth-order valence-corrected chi connectivity index (χ4v) is 2.86. The van der Waals surface area contributed by atoms with E-state index in [1.807, 2.05) is 0 Å². The minimum Gasteiger partial charge on any atom is -0.382 e. The number of alkyl halides is 3. The molecule has 0 aliphatic heterocycles. The highest BCUT2D eigenvalue weighted by atomic mass is 32.2. The monoisotopic (exact) mass is 384 g/mol. The number of hydrogen-bond acceptors (Lipinski definition) is 4. The smallest absolute Gasteiger partial charge is 0.382 e. The highest BCUT2D eigenvalue weighted by molar-refractivity contribution is 7.99. The zero-order valence-corrected chi connectivity index (χ0v) is 13.9. The summed E-state index contributed by atoms with van der Waals surface area (Å²) in [6.45, 7) is 0. The number of nitrogens with zero attached hydrogens (tertiary/aromatic N) is 1. The molecule has 0 aromatic heterocycles. The lowest BCUT2D eigenvalue weighted by Crippen LogP contribution is -2.29. The maximum Gasteiger partial charge on any atom is 0.417 e. The van der Waals surface area contributed by atoms with E-state index >= 15 is 0 Å². The second-order valence-corrected chi connectivity index (χ2v) is 6.24. The highest BCUT2D eigenvalue weighted by Gasteiger charge is 2.34. The van der Waals surface area contributed by atoms with Crippen molar-refractivity contribution in [1.82, 2.24) is 0 Å². The van der Waals surface area contributed by atoms with E-state index in [1.165, 1.54) is 24.3 Å². The maximum absolute atomic E-state index is 13.1. The fraction of sp³-hybridized carbons (Fsp3) is 0.176. The molecule has 0 aliphatic rings. The number of benzene rings is 2. The van der Waals surface area contributed by atoms with E-state index in [-0.39, 0.29) is 11.4 Å². The maximum atomic E-state index is 13.1. The minimum absolute atomic E-state index is 0.113. The van der Waals surface area contributed by atoms with Crippen molar-refractivity contribution >= 4 is 23.4 Å². The van der Waals surface area contributed by atoms with Crippen LogP contribution in [0.5, 0.6) is 0 Å². The average Bonchev–Trinajstić information content (AvgIpc) is 2.59. The van der Waals surface area contributed by atoms with Crippen LogP contribution in [-0.4, -0.2) is 22.9 Å². The Bertz CT molecular complexity index is 849. The molecule has 0 saturated carbocycles. The lowest BCUT2D eigenvalue weighted by molar-refractivity contribution is -0.137. The molecule has 1 atom stereocenters. The van der Waals surface area contributed by atoms with E-state index in [0.717, 1.165) is 23.9 Å². The first kappa shape index (κ1) is 19.8. The van der Waals surface area contributed by atoms with Crippen molar-refractivity contribution in [3.8, 4) is 6.07 Å². The normalized spacial score (nSPS) is 12.3. The molecule has 0 radical (unpaired) electrons. The molecule has 0 aliphatic carbocycles. The van der Waals surface area contributed by atoms with Gasteiger partial charge in [0.2, 0.25) is 0 Å². The summed E-state index contributed by atoms with van der Waals surface area (Å²) in [5, 5.41) is 20.7. The summed E-state index contributed by atoms with van der Waals surface area (Å²) in [7, 11) is 0. The van der Waals surface area contributed by atoms with Crippen LogP contribution in [0, 0.1) is 17.1 Å². The largest absolute Gasteiger partial charge is 0.417 e. The Kier molecular flexibility index (Phi) is 6.23. The van der Waals surface area contributed by atoms with E-state index in [4.69, 9.17) is 5.26 Å². The minimum atomic E-state index is -4.75. The zero-order chi connectivity index (χ0) is 19.3. The Labute approximate surface area is 150 Å². The number of hydrogen-bond donors (Lipinski definition) is 2. The number of anilines is 1. The first-order valence-electron chi connectivity index (χ1n) is 7.19. The Balaban J connectivity index is 2.03. The van der Waals surface area contributed by atoms with Gasteiger partial charge in [0.05, 0.1) is 17.2 Å². The molecule has 26 heavy (non-hydrogen) atoms. The number of aliphatic hydroxyl groups is 1. The van der Waals surface area contributed by atoms with Crippen molar-refractivity contribution in [2.45, 2.75) is 17.2 Å². The Hall–Kier alpha value is -2.57. The summed E-state index contributed by atoms with van der Waals surface area (Å²) < 4.78 is 51.8. The van der Waals surface area contributed by atoms with Gasteiger partial charge in [-0.2, -0.15) is 18.4 Å². The van der Waals surface area contributed by atoms with Gasteiger partial charge in [-0.1, -0.05) is 6.07 Å². The van der Waals surface area contributed by atoms with Crippen LogP contribution in [0.3, 0.4) is 0 Å². The van der Waals surface area contributed by atoms with Gasteiger partial charge in [-0.25, -0.2) is 4.39 Å². The van der Waals surface area contributed by atoms with Crippen LogP contribution in [0.2, 0.25) is 0 Å². The Morgan fingerprint density at radius 2 is 2.00 bits per heavy atom. The lowest BCUT2D eigenvalue weighted by atomic mass is 10.1. The summed E-state index contributed by atoms with van der Waals surface area (Å²) in [6, 6.07) is 9.67. The molecular weight excluding hydrogens is 372 g/mol. The third kappa shape index (κ3) is 5.21. The summed E-state index contributed by atoms with van der Waals surface area (Å²) >= 11 is 1.02. The molecular formula is C17H12F4N2O2S. The number of carbonyl (C=O) groups is 1. The molecule has 0 fully saturated rings. The number of thioether (sulfide) groups is 1. The number of rotatable bonds is 5. The van der Waals surface area contributed by atoms with Gasteiger partial charge in [0.25, 0.3) is 5.91 Å². The van der Waals surface area contributed by atoms with Crippen LogP contribution in [0.15, 0.2) is 47.4 Å². The fourth-order valence-electron chi connectivity index (χ4n) is 1.99. The van der Waals surface area contributed by atoms with Gasteiger partial charge in [-0.3, -0.25) is 4.79 Å². The van der Waals surface area contributed by atoms with Gasteiger partial charge >= 0.3 is 6.18 Å². The van der Waals surface area contributed by atoms with Crippen LogP contribution in [-0.2, 0) is 11.0 Å². The Morgan fingerprint density at radius 1 is 1.27 bits per heavy atom. The van der Waals surface area contributed by atoms with Gasteiger partial charge in [-0.15, -0.1) is 11.8 Å². The predicted octanol–water partition coefficient (Wildman–Crippen LogP) is 3.81. The van der Waals surface area contributed by atoms with Gasteiger partial charge < -0.3 is 10.4 Å². The van der Waals surface area contributed by atoms with Crippen LogP contribution in [0.1, 0.15) is 11.1 Å². The molecule has 0 spiro atoms. The number of nitriles is 1. The Morgan fingerprint density at radius 3 is 2.62 bits per heavy atom. The molecule has 0 heterocycles. The number of halogens is 4. The average molecular weight is 384 g/mol. The van der Waals surface area contributed by atoms with E-state index in [2.05, 4.69) is 5.32 Å². The first-order valence-corrected chi connectivity index (χ1v) is 8.18. The molecule has 2 aromatic carbocycles. The van der Waals surface area contributed by atoms with Crippen molar-refractivity contribution < 1.29 is 27.5 Å². The SMILES string of the molecule is N#Cc1ccc(NC(=O)[C@@H](O)CSc2cccc(F)c2)cc1C(F)(F)F. The molecule has 0 bridgehead atoms. The summed E-state index contributed by atoms with van der Waals surface area (Å²) in [6.07, 6.45) is -6.27. The zero-order valence-electron chi connectivity index (χ0n) is 13.0. The van der Waals surface area contributed by atoms with Gasteiger partial charge in [0.15, 0.2) is 0 Å². The number of nitrogens with one attached hydrogen (secondary N) is 1. The molecule has 1 amide bonds. The second-order valence-electron chi connectivity index (χ2n) is 5.14. The lowest BCUT2D eigenvalue weighted by Gasteiger charge is -2.14. The quantitative estimate of drug-likeness (QED) is 0.607. The van der Waals surface area contributed by atoms with Gasteiger partial charge in [0, 0.05) is 16.3 Å². The summed E-state index contributed by atoms with van der Waals surface area (Å²) in [4.78, 5) is 12.4. The molecule has 2 N–H and O–H groups in total. The second kappa shape index (κ2) is 8.21. The van der Waals surface area contributed by atoms with Crippen molar-refractivity contribution in [2.75, 3.05) is 11.1 Å². The third-order valence-corrected chi connectivity index (χ3v) is 4.29. The molecule has 0 unspecified atom stereocenters. The number of amides is 1. The van der Waals surface area contributed by atoms with Crippen LogP contribution < -0.4 is 5.32 Å². The van der Waals surface area contributed by atoms with E-state index in [0.29, 0.717) is 11.0 Å². The highest BCUT2D eigenvalue weighted by Crippen LogP contribution is 2.33. The van der Waals surface area contributed by atoms with Gasteiger partial charge in [-0.05, 0) is 36.4 Å². The molecule has 2 aromatic rings. The van der Waals surface area contributed by atoms with Crippen molar-refractivity contribution in [3.63, 3.8) is 0 Å². The molecule has 4 nitrogen and oxygen atoms in total. The molecule has 136 valence electrons. The topological polar surface area (TPSA) is 73.1 Å². The van der Waals surface area contributed by atoms with E-state index in [1.54, 1.807) is 6.07 Å². The van der Waals surface area contributed by atoms with Crippen molar-refractivity contribution in [3.05, 3.63) is 59.4 Å². The standard InChI is InChI=1S/C17H12F4N2O2S/c18-11-2-1-3-13(6-11)26-9-15(24)16(25)23-12-5-4-10(8-22)14(7-12)17(19,20)21/h1-7,15,24H,9H2,(H,23,25)/t15-/m0/s1. The van der Waals surface area contributed by atoms with Crippen molar-refractivity contribution in [1.29, 1.82) is 5.26 Å². The number of carbonyl (C=O) groups excluding carboxylic acids is 1. The van der Waals surface area contributed by atoms with Gasteiger partial charge in [0.1, 0.15) is 11.9 Å². The van der Waals surface area contributed by atoms with E-state index in [9.17, 15) is 27.5 Å². The third-order valence-electron chi connectivity index (χ3n) is 3.22. The molecule has 9 heteroatoms. The first-order chi connectivity index (χ1) is 12.2. The predicted molar refractivity (Wildman–Crippen MR) is 87.9 cm³/mol. The number of aliphatic hydroxyl groups excluding tert-OH is 1. The molecule has 2 rings (SSSR count).